The molecule has 0 aliphatic rings. The van der Waals surface area contributed by atoms with Crippen LogP contribution in [0.4, 0.5) is 13.2 Å². The van der Waals surface area contributed by atoms with Crippen molar-refractivity contribution in [3.63, 3.8) is 0 Å². The van der Waals surface area contributed by atoms with Gasteiger partial charge in [-0.05, 0) is 30.7 Å². The van der Waals surface area contributed by atoms with E-state index in [4.69, 9.17) is 11.5 Å². The fourth-order valence-electron chi connectivity index (χ4n) is 4.10. The summed E-state index contributed by atoms with van der Waals surface area (Å²) < 4.78 is 67.2. The van der Waals surface area contributed by atoms with E-state index in [0.717, 1.165) is 10.9 Å². The first-order valence-corrected chi connectivity index (χ1v) is 12.6. The van der Waals surface area contributed by atoms with E-state index in [2.05, 4.69) is 10.1 Å². The Morgan fingerprint density at radius 3 is 2.14 bits per heavy atom. The van der Waals surface area contributed by atoms with Gasteiger partial charge in [-0.2, -0.15) is 18.3 Å². The van der Waals surface area contributed by atoms with Crippen molar-refractivity contribution in [3.05, 3.63) is 76.7 Å². The van der Waals surface area contributed by atoms with Crippen LogP contribution in [0.5, 0.6) is 0 Å². The van der Waals surface area contributed by atoms with Gasteiger partial charge in [0.1, 0.15) is 5.69 Å². The van der Waals surface area contributed by atoms with E-state index in [-0.39, 0.29) is 33.6 Å². The van der Waals surface area contributed by atoms with Gasteiger partial charge in [-0.3, -0.25) is 14.3 Å². The number of aromatic nitrogens is 3. The third-order valence-corrected chi connectivity index (χ3v) is 6.91. The van der Waals surface area contributed by atoms with E-state index in [1.807, 2.05) is 0 Å². The summed E-state index contributed by atoms with van der Waals surface area (Å²) in [6.45, 7) is 1.17. The number of amides is 2. The fraction of sp³-hybridized carbons (Fsp3) is 0.167. The summed E-state index contributed by atoms with van der Waals surface area (Å²) in [5, 5.41) is 3.89. The predicted octanol–water partition coefficient (Wildman–Crippen LogP) is 3.08. The summed E-state index contributed by atoms with van der Waals surface area (Å²) in [5.41, 5.74) is 8.39. The number of carbonyl (C=O) groups is 2. The molecule has 37 heavy (non-hydrogen) atoms. The quantitative estimate of drug-likeness (QED) is 0.390. The molecule has 0 spiro atoms. The van der Waals surface area contributed by atoms with Crippen LogP contribution in [0.1, 0.15) is 37.8 Å². The summed E-state index contributed by atoms with van der Waals surface area (Å²) >= 11 is 0. The number of carbonyl (C=O) groups excluding carboxylic acids is 2. The maximum absolute atomic E-state index is 14.2. The van der Waals surface area contributed by atoms with Gasteiger partial charge < -0.3 is 11.5 Å². The highest BCUT2D eigenvalue weighted by molar-refractivity contribution is 7.90. The van der Waals surface area contributed by atoms with Gasteiger partial charge in [-0.15, -0.1) is 0 Å². The van der Waals surface area contributed by atoms with Crippen molar-refractivity contribution in [2.24, 2.45) is 11.5 Å². The average molecular weight is 532 g/mol. The molecule has 192 valence electrons. The molecule has 2 aromatic carbocycles. The molecule has 4 rings (SSSR count). The molecule has 0 radical (unpaired) electrons. The Morgan fingerprint density at radius 2 is 1.59 bits per heavy atom. The number of halogens is 3. The molecule has 2 heterocycles. The summed E-state index contributed by atoms with van der Waals surface area (Å²) in [5.74, 6) is -2.23. The SMILES string of the molecule is Cc1c(-c2c(C(N)=O)nc3ccccc3c2C(N)=O)c(C(F)(F)F)nn1Cc1ccc(S(C)(=O)=O)cc1. The Morgan fingerprint density at radius 1 is 0.973 bits per heavy atom. The third kappa shape index (κ3) is 4.77. The van der Waals surface area contributed by atoms with Gasteiger partial charge in [0, 0.05) is 28.5 Å². The number of nitrogens with zero attached hydrogens (tertiary/aromatic N) is 3. The van der Waals surface area contributed by atoms with E-state index in [1.54, 1.807) is 12.1 Å². The molecule has 0 aliphatic heterocycles. The van der Waals surface area contributed by atoms with Crippen molar-refractivity contribution in [1.29, 1.82) is 0 Å². The normalized spacial score (nSPS) is 12.1. The van der Waals surface area contributed by atoms with Crippen LogP contribution in [0, 0.1) is 6.92 Å². The van der Waals surface area contributed by atoms with Crippen molar-refractivity contribution in [1.82, 2.24) is 14.8 Å². The lowest BCUT2D eigenvalue weighted by Crippen LogP contribution is -2.21. The molecule has 0 aliphatic carbocycles. The van der Waals surface area contributed by atoms with Gasteiger partial charge >= 0.3 is 6.18 Å². The Hall–Kier alpha value is -4.26. The molecule has 0 atom stereocenters. The molecule has 0 saturated carbocycles. The number of alkyl halides is 3. The molecule has 0 unspecified atom stereocenters. The zero-order valence-corrected chi connectivity index (χ0v) is 20.3. The van der Waals surface area contributed by atoms with Crippen LogP contribution in [-0.2, 0) is 22.6 Å². The molecule has 0 bridgehead atoms. The van der Waals surface area contributed by atoms with Crippen molar-refractivity contribution in [2.45, 2.75) is 24.5 Å². The van der Waals surface area contributed by atoms with Crippen molar-refractivity contribution in [2.75, 3.05) is 6.26 Å². The second-order valence-corrected chi connectivity index (χ2v) is 10.4. The molecule has 2 aromatic heterocycles. The van der Waals surface area contributed by atoms with Crippen LogP contribution in [0.3, 0.4) is 0 Å². The number of pyridine rings is 1. The number of primary amides is 2. The monoisotopic (exact) mass is 531 g/mol. The van der Waals surface area contributed by atoms with Gasteiger partial charge in [-0.25, -0.2) is 13.4 Å². The number of para-hydroxylation sites is 1. The van der Waals surface area contributed by atoms with E-state index in [9.17, 15) is 31.2 Å². The van der Waals surface area contributed by atoms with E-state index in [0.29, 0.717) is 5.56 Å². The third-order valence-electron chi connectivity index (χ3n) is 5.78. The second-order valence-electron chi connectivity index (χ2n) is 8.34. The lowest BCUT2D eigenvalue weighted by molar-refractivity contribution is -0.141. The molecule has 2 amide bonds. The topological polar surface area (TPSA) is 151 Å². The minimum absolute atomic E-state index is 0.0402. The lowest BCUT2D eigenvalue weighted by Gasteiger charge is -2.16. The summed E-state index contributed by atoms with van der Waals surface area (Å²) in [7, 11) is -3.47. The highest BCUT2D eigenvalue weighted by atomic mass is 32.2. The number of hydrogen-bond acceptors (Lipinski definition) is 6. The number of rotatable bonds is 6. The molecular formula is C24H20F3N5O4S. The summed E-state index contributed by atoms with van der Waals surface area (Å²) in [6.07, 6.45) is -3.95. The maximum atomic E-state index is 14.2. The Labute approximate surface area is 208 Å². The van der Waals surface area contributed by atoms with Crippen molar-refractivity contribution in [3.8, 4) is 11.1 Å². The van der Waals surface area contributed by atoms with E-state index < -0.39 is 50.3 Å². The molecule has 4 aromatic rings. The first-order chi connectivity index (χ1) is 17.2. The minimum Gasteiger partial charge on any atom is -0.366 e. The predicted molar refractivity (Wildman–Crippen MR) is 128 cm³/mol. The molecule has 9 nitrogen and oxygen atoms in total. The number of nitrogens with two attached hydrogens (primary N) is 2. The van der Waals surface area contributed by atoms with Gasteiger partial charge in [-0.1, -0.05) is 30.3 Å². The molecular weight excluding hydrogens is 511 g/mol. The van der Waals surface area contributed by atoms with Crippen LogP contribution in [0.15, 0.2) is 53.4 Å². The first kappa shape index (κ1) is 25.8. The number of hydrogen-bond donors (Lipinski definition) is 2. The van der Waals surface area contributed by atoms with Crippen molar-refractivity contribution >= 4 is 32.6 Å². The number of sulfone groups is 1. The average Bonchev–Trinajstić information content (AvgIpc) is 3.13. The number of benzene rings is 2. The molecule has 0 saturated heterocycles. The minimum atomic E-state index is -4.99. The smallest absolute Gasteiger partial charge is 0.366 e. The van der Waals surface area contributed by atoms with Crippen molar-refractivity contribution < 1.29 is 31.2 Å². The summed E-state index contributed by atoms with van der Waals surface area (Å²) in [6, 6.07) is 11.6. The zero-order chi connectivity index (χ0) is 27.3. The summed E-state index contributed by atoms with van der Waals surface area (Å²) in [4.78, 5) is 29.1. The number of fused-ring (bicyclic) bond motifs is 1. The van der Waals surface area contributed by atoms with Crippen LogP contribution < -0.4 is 11.5 Å². The largest absolute Gasteiger partial charge is 0.435 e. The molecule has 4 N–H and O–H groups in total. The second kappa shape index (κ2) is 9.00. The standard InChI is InChI=1S/C24H20F3N5O4S/c1-12-17(19-18(22(28)33)15-5-3-4-6-16(15)30-20(19)23(29)34)21(24(25,26)27)31-32(12)11-13-7-9-14(10-8-13)37(2,35)36/h3-10H,11H2,1-2H3,(H2,28,33)(H2,29,34). The van der Waals surface area contributed by atoms with Gasteiger partial charge in [0.05, 0.1) is 22.5 Å². The van der Waals surface area contributed by atoms with Crippen LogP contribution in [-0.4, -0.2) is 41.3 Å². The highest BCUT2D eigenvalue weighted by Gasteiger charge is 2.41. The maximum Gasteiger partial charge on any atom is 0.435 e. The molecule has 0 fully saturated rings. The Bertz CT molecular complexity index is 1680. The highest BCUT2D eigenvalue weighted by Crippen LogP contribution is 2.42. The van der Waals surface area contributed by atoms with Crippen LogP contribution in [0.25, 0.3) is 22.0 Å². The first-order valence-electron chi connectivity index (χ1n) is 10.7. The lowest BCUT2D eigenvalue weighted by atomic mass is 9.92. The Balaban J connectivity index is 2.01. The fourth-order valence-corrected chi connectivity index (χ4v) is 4.73. The van der Waals surface area contributed by atoms with Gasteiger partial charge in [0.15, 0.2) is 15.5 Å². The zero-order valence-electron chi connectivity index (χ0n) is 19.5. The Kier molecular flexibility index (Phi) is 6.28. The van der Waals surface area contributed by atoms with Gasteiger partial charge in [0.25, 0.3) is 5.91 Å². The molecule has 13 heteroatoms. The van der Waals surface area contributed by atoms with Crippen LogP contribution >= 0.6 is 0 Å². The van der Waals surface area contributed by atoms with Gasteiger partial charge in [0.2, 0.25) is 5.91 Å². The van der Waals surface area contributed by atoms with E-state index in [1.165, 1.54) is 43.3 Å². The van der Waals surface area contributed by atoms with Crippen LogP contribution in [0.2, 0.25) is 0 Å². The van der Waals surface area contributed by atoms with E-state index >= 15 is 0 Å².